The zero-order valence-electron chi connectivity index (χ0n) is 16.8. The summed E-state index contributed by atoms with van der Waals surface area (Å²) in [5.41, 5.74) is 4.14. The van der Waals surface area contributed by atoms with E-state index in [1.165, 1.54) is 0 Å². The Bertz CT molecular complexity index is 1310. The van der Waals surface area contributed by atoms with Crippen molar-refractivity contribution in [2.75, 3.05) is 6.61 Å². The van der Waals surface area contributed by atoms with Crippen LogP contribution >= 0.6 is 0 Å². The van der Waals surface area contributed by atoms with Gasteiger partial charge in [0.1, 0.15) is 0 Å². The molecule has 0 aliphatic rings. The number of hydrazone groups is 1. The minimum absolute atomic E-state index is 0.0780. The number of esters is 1. The molecule has 2 N–H and O–H groups in total. The van der Waals surface area contributed by atoms with Crippen molar-refractivity contribution >= 4 is 28.4 Å². The van der Waals surface area contributed by atoms with Gasteiger partial charge in [0.25, 0.3) is 11.5 Å². The molecule has 4 aromatic rings. The lowest BCUT2D eigenvalue weighted by molar-refractivity contribution is -0.124. The maximum absolute atomic E-state index is 12.4. The molecule has 3 aromatic carbocycles. The molecule has 0 saturated carbocycles. The first-order valence-corrected chi connectivity index (χ1v) is 9.75. The zero-order chi connectivity index (χ0) is 22.3. The second-order valence-corrected chi connectivity index (χ2v) is 6.75. The number of aromatic nitrogens is 2. The average molecular weight is 426 g/mol. The van der Waals surface area contributed by atoms with Crippen molar-refractivity contribution in [1.82, 2.24) is 15.6 Å². The van der Waals surface area contributed by atoms with E-state index in [1.807, 2.05) is 60.7 Å². The number of ether oxygens (including phenoxy) is 1. The van der Waals surface area contributed by atoms with E-state index in [9.17, 15) is 14.4 Å². The summed E-state index contributed by atoms with van der Waals surface area (Å²) in [4.78, 5) is 36.6. The molecule has 0 aliphatic carbocycles. The SMILES string of the molecule is O=C(COC(=O)c1n[nH]c(=O)c2ccccc12)NN=C(c1ccccc1)c1ccccc1. The van der Waals surface area contributed by atoms with Gasteiger partial charge in [-0.05, 0) is 6.07 Å². The van der Waals surface area contributed by atoms with Gasteiger partial charge in [-0.3, -0.25) is 9.59 Å². The quantitative estimate of drug-likeness (QED) is 0.280. The molecular formula is C24H18N4O4. The third kappa shape index (κ3) is 4.59. The Morgan fingerprint density at radius 1 is 0.844 bits per heavy atom. The monoisotopic (exact) mass is 426 g/mol. The molecule has 0 atom stereocenters. The Morgan fingerprint density at radius 2 is 1.41 bits per heavy atom. The lowest BCUT2D eigenvalue weighted by atomic mass is 10.0. The average Bonchev–Trinajstić information content (AvgIpc) is 2.84. The highest BCUT2D eigenvalue weighted by Crippen LogP contribution is 2.13. The van der Waals surface area contributed by atoms with Crippen LogP contribution in [0.5, 0.6) is 0 Å². The summed E-state index contributed by atoms with van der Waals surface area (Å²) in [7, 11) is 0. The number of carbonyl (C=O) groups is 2. The molecule has 1 heterocycles. The van der Waals surface area contributed by atoms with E-state index < -0.39 is 24.0 Å². The van der Waals surface area contributed by atoms with Gasteiger partial charge >= 0.3 is 5.97 Å². The van der Waals surface area contributed by atoms with Gasteiger partial charge in [0, 0.05) is 16.5 Å². The Labute approximate surface area is 182 Å². The van der Waals surface area contributed by atoms with Gasteiger partial charge in [0.05, 0.1) is 11.1 Å². The van der Waals surface area contributed by atoms with Crippen LogP contribution in [-0.2, 0) is 9.53 Å². The molecule has 0 unspecified atom stereocenters. The second kappa shape index (κ2) is 9.48. The normalized spacial score (nSPS) is 10.4. The number of H-pyrrole nitrogens is 1. The fourth-order valence-electron chi connectivity index (χ4n) is 3.11. The van der Waals surface area contributed by atoms with Crippen molar-refractivity contribution in [3.8, 4) is 0 Å². The number of nitrogens with one attached hydrogen (secondary N) is 2. The molecule has 0 aliphatic heterocycles. The van der Waals surface area contributed by atoms with Crippen molar-refractivity contribution in [3.05, 3.63) is 112 Å². The Kier molecular flexibility index (Phi) is 6.12. The molecule has 0 saturated heterocycles. The van der Waals surface area contributed by atoms with Crippen LogP contribution in [-0.4, -0.2) is 34.4 Å². The van der Waals surface area contributed by atoms with E-state index in [2.05, 4.69) is 20.7 Å². The predicted molar refractivity (Wildman–Crippen MR) is 119 cm³/mol. The number of carbonyl (C=O) groups excluding carboxylic acids is 2. The van der Waals surface area contributed by atoms with Crippen LogP contribution in [0.3, 0.4) is 0 Å². The van der Waals surface area contributed by atoms with Gasteiger partial charge in [-0.2, -0.15) is 10.2 Å². The number of aromatic amines is 1. The highest BCUT2D eigenvalue weighted by Gasteiger charge is 2.17. The number of rotatable bonds is 6. The van der Waals surface area contributed by atoms with Gasteiger partial charge < -0.3 is 4.74 Å². The van der Waals surface area contributed by atoms with E-state index >= 15 is 0 Å². The summed E-state index contributed by atoms with van der Waals surface area (Å²) in [5.74, 6) is -1.45. The predicted octanol–water partition coefficient (Wildman–Crippen LogP) is 2.65. The minimum Gasteiger partial charge on any atom is -0.451 e. The molecule has 4 rings (SSSR count). The fraction of sp³-hybridized carbons (Fsp3) is 0.0417. The third-order valence-electron chi connectivity index (χ3n) is 4.61. The van der Waals surface area contributed by atoms with Crippen molar-refractivity contribution < 1.29 is 14.3 Å². The smallest absolute Gasteiger partial charge is 0.359 e. The summed E-state index contributed by atoms with van der Waals surface area (Å²) >= 11 is 0. The molecule has 8 heteroatoms. The maximum atomic E-state index is 12.4. The van der Waals surface area contributed by atoms with Gasteiger partial charge in [0.15, 0.2) is 12.3 Å². The maximum Gasteiger partial charge on any atom is 0.359 e. The first-order valence-electron chi connectivity index (χ1n) is 9.75. The van der Waals surface area contributed by atoms with Crippen LogP contribution in [0.4, 0.5) is 0 Å². The molecule has 0 radical (unpaired) electrons. The standard InChI is InChI=1S/C24H18N4O4/c29-20(15-32-24(31)22-18-13-7-8-14-19(18)23(30)28-27-22)25-26-21(16-9-3-1-4-10-16)17-11-5-2-6-12-17/h1-14H,15H2,(H,25,29)(H,28,30). The molecule has 0 fully saturated rings. The van der Waals surface area contributed by atoms with E-state index in [4.69, 9.17) is 4.74 Å². The third-order valence-corrected chi connectivity index (χ3v) is 4.61. The number of hydrogen-bond acceptors (Lipinski definition) is 6. The zero-order valence-corrected chi connectivity index (χ0v) is 16.8. The first-order chi connectivity index (χ1) is 15.6. The van der Waals surface area contributed by atoms with Crippen molar-refractivity contribution in [2.45, 2.75) is 0 Å². The molecule has 8 nitrogen and oxygen atoms in total. The van der Waals surface area contributed by atoms with Crippen LogP contribution in [0.1, 0.15) is 21.6 Å². The molecule has 1 aromatic heterocycles. The molecule has 0 bridgehead atoms. The van der Waals surface area contributed by atoms with Gasteiger partial charge in [-0.15, -0.1) is 0 Å². The summed E-state index contributed by atoms with van der Waals surface area (Å²) in [6.07, 6.45) is 0. The summed E-state index contributed by atoms with van der Waals surface area (Å²) in [6, 6.07) is 25.3. The molecule has 1 amide bonds. The van der Waals surface area contributed by atoms with Crippen molar-refractivity contribution in [2.24, 2.45) is 5.10 Å². The fourth-order valence-corrected chi connectivity index (χ4v) is 3.11. The topological polar surface area (TPSA) is 114 Å². The number of benzene rings is 3. The molecular weight excluding hydrogens is 408 g/mol. The van der Waals surface area contributed by atoms with Crippen LogP contribution in [0.25, 0.3) is 10.8 Å². The second-order valence-electron chi connectivity index (χ2n) is 6.75. The van der Waals surface area contributed by atoms with Crippen LogP contribution < -0.4 is 11.0 Å². The number of nitrogens with zero attached hydrogens (tertiary/aromatic N) is 2. The minimum atomic E-state index is -0.831. The highest BCUT2D eigenvalue weighted by molar-refractivity contribution is 6.13. The van der Waals surface area contributed by atoms with Crippen molar-refractivity contribution in [3.63, 3.8) is 0 Å². The summed E-state index contributed by atoms with van der Waals surface area (Å²) < 4.78 is 5.08. The molecule has 32 heavy (non-hydrogen) atoms. The molecule has 158 valence electrons. The first kappa shape index (κ1) is 20.7. The largest absolute Gasteiger partial charge is 0.451 e. The van der Waals surface area contributed by atoms with Crippen LogP contribution in [0.15, 0.2) is 94.8 Å². The van der Waals surface area contributed by atoms with E-state index in [0.717, 1.165) is 11.1 Å². The molecule has 0 spiro atoms. The van der Waals surface area contributed by atoms with Crippen molar-refractivity contribution in [1.29, 1.82) is 0 Å². The van der Waals surface area contributed by atoms with E-state index in [-0.39, 0.29) is 5.69 Å². The number of fused-ring (bicyclic) bond motifs is 1. The summed E-state index contributed by atoms with van der Waals surface area (Å²) in [6.45, 7) is -0.561. The van der Waals surface area contributed by atoms with E-state index in [0.29, 0.717) is 16.5 Å². The highest BCUT2D eigenvalue weighted by atomic mass is 16.5. The Hall–Kier alpha value is -4.59. The van der Waals surface area contributed by atoms with Gasteiger partial charge in [0.2, 0.25) is 0 Å². The van der Waals surface area contributed by atoms with Gasteiger partial charge in [-0.1, -0.05) is 78.9 Å². The van der Waals surface area contributed by atoms with Crippen LogP contribution in [0, 0.1) is 0 Å². The Morgan fingerprint density at radius 3 is 2.03 bits per heavy atom. The van der Waals surface area contributed by atoms with E-state index in [1.54, 1.807) is 24.3 Å². The van der Waals surface area contributed by atoms with Gasteiger partial charge in [-0.25, -0.2) is 15.3 Å². The number of hydrogen-bond donors (Lipinski definition) is 2. The van der Waals surface area contributed by atoms with Crippen LogP contribution in [0.2, 0.25) is 0 Å². The number of amides is 1. The summed E-state index contributed by atoms with van der Waals surface area (Å²) in [5, 5.41) is 10.9. The Balaban J connectivity index is 1.48. The lowest BCUT2D eigenvalue weighted by Crippen LogP contribution is -2.27. The lowest BCUT2D eigenvalue weighted by Gasteiger charge is -2.08.